The first-order valence-electron chi connectivity index (χ1n) is 4.94. The first-order chi connectivity index (χ1) is 6.08. The van der Waals surface area contributed by atoms with Crippen molar-refractivity contribution in [3.05, 3.63) is 0 Å². The molecule has 1 aliphatic heterocycles. The average Bonchev–Trinajstić information content (AvgIpc) is 2.64. The van der Waals surface area contributed by atoms with Crippen LogP contribution in [0, 0.1) is 5.92 Å². The van der Waals surface area contributed by atoms with Gasteiger partial charge in [-0.15, -0.1) is 0 Å². The molecule has 0 aromatic rings. The van der Waals surface area contributed by atoms with Crippen LogP contribution in [0.4, 0.5) is 8.78 Å². The van der Waals surface area contributed by atoms with Crippen LogP contribution in [-0.2, 0) is 0 Å². The Morgan fingerprint density at radius 3 is 2.31 bits per heavy atom. The van der Waals surface area contributed by atoms with Crippen LogP contribution in [0.2, 0.25) is 0 Å². The van der Waals surface area contributed by atoms with E-state index in [0.717, 1.165) is 25.9 Å². The second kappa shape index (κ2) is 3.17. The Morgan fingerprint density at radius 2 is 1.85 bits per heavy atom. The summed E-state index contributed by atoms with van der Waals surface area (Å²) in [6, 6.07) is 0.288. The summed E-state index contributed by atoms with van der Waals surface area (Å²) < 4.78 is 25.2. The Labute approximate surface area is 77.1 Å². The summed E-state index contributed by atoms with van der Waals surface area (Å²) in [4.78, 5) is 2.12. The first kappa shape index (κ1) is 9.34. The number of likely N-dealkylation sites (tertiary alicyclic amines) is 1. The van der Waals surface area contributed by atoms with Gasteiger partial charge in [0.1, 0.15) is 0 Å². The summed E-state index contributed by atoms with van der Waals surface area (Å²) in [7, 11) is 0. The van der Waals surface area contributed by atoms with Crippen molar-refractivity contribution in [3.8, 4) is 0 Å². The fourth-order valence-electron chi connectivity index (χ4n) is 1.91. The van der Waals surface area contributed by atoms with Gasteiger partial charge < -0.3 is 10.6 Å². The summed E-state index contributed by atoms with van der Waals surface area (Å²) in [5.41, 5.74) is 5.72. The first-order valence-corrected chi connectivity index (χ1v) is 4.94. The van der Waals surface area contributed by atoms with Crippen molar-refractivity contribution in [2.45, 2.75) is 31.2 Å². The van der Waals surface area contributed by atoms with E-state index >= 15 is 0 Å². The highest BCUT2D eigenvalue weighted by Gasteiger charge is 2.56. The van der Waals surface area contributed by atoms with Gasteiger partial charge in [-0.2, -0.15) is 0 Å². The summed E-state index contributed by atoms with van der Waals surface area (Å²) in [6.07, 6.45) is 2.01. The molecule has 1 heterocycles. The van der Waals surface area contributed by atoms with E-state index < -0.39 is 5.92 Å². The molecular weight excluding hydrogens is 174 g/mol. The number of nitrogens with zero attached hydrogens (tertiary/aromatic N) is 1. The topological polar surface area (TPSA) is 29.3 Å². The zero-order chi connectivity index (χ0) is 9.47. The highest BCUT2D eigenvalue weighted by Crippen LogP contribution is 2.48. The van der Waals surface area contributed by atoms with Crippen LogP contribution >= 0.6 is 0 Å². The van der Waals surface area contributed by atoms with E-state index in [9.17, 15) is 8.78 Å². The van der Waals surface area contributed by atoms with Gasteiger partial charge in [-0.05, 0) is 25.9 Å². The monoisotopic (exact) mass is 190 g/mol. The minimum Gasteiger partial charge on any atom is -0.328 e. The lowest BCUT2D eigenvalue weighted by atomic mass is 10.1. The van der Waals surface area contributed by atoms with Crippen LogP contribution < -0.4 is 5.73 Å². The van der Waals surface area contributed by atoms with E-state index in [1.54, 1.807) is 0 Å². The minimum atomic E-state index is -2.36. The molecule has 1 atom stereocenters. The van der Waals surface area contributed by atoms with Gasteiger partial charge in [0.25, 0.3) is 5.92 Å². The van der Waals surface area contributed by atoms with Gasteiger partial charge in [0, 0.05) is 24.9 Å². The van der Waals surface area contributed by atoms with Crippen molar-refractivity contribution in [1.29, 1.82) is 0 Å². The number of piperidine rings is 1. The third-order valence-corrected chi connectivity index (χ3v) is 3.07. The third-order valence-electron chi connectivity index (χ3n) is 3.07. The quantitative estimate of drug-likeness (QED) is 0.705. The fourth-order valence-corrected chi connectivity index (χ4v) is 1.91. The van der Waals surface area contributed by atoms with Crippen LogP contribution in [0.1, 0.15) is 19.3 Å². The molecule has 1 saturated carbocycles. The van der Waals surface area contributed by atoms with Crippen LogP contribution in [0.25, 0.3) is 0 Å². The SMILES string of the molecule is NC1CCN(CC2CC2(F)F)CC1. The van der Waals surface area contributed by atoms with Crippen molar-refractivity contribution in [2.75, 3.05) is 19.6 Å². The smallest absolute Gasteiger partial charge is 0.252 e. The average molecular weight is 190 g/mol. The molecule has 1 unspecified atom stereocenters. The Bertz CT molecular complexity index is 188. The summed E-state index contributed by atoms with van der Waals surface area (Å²) in [5, 5.41) is 0. The second-order valence-corrected chi connectivity index (χ2v) is 4.30. The maximum Gasteiger partial charge on any atom is 0.252 e. The molecule has 13 heavy (non-hydrogen) atoms. The van der Waals surface area contributed by atoms with Crippen LogP contribution in [-0.4, -0.2) is 36.5 Å². The third kappa shape index (κ3) is 2.17. The van der Waals surface area contributed by atoms with Crippen LogP contribution in [0.5, 0.6) is 0 Å². The molecule has 0 radical (unpaired) electrons. The van der Waals surface area contributed by atoms with Crippen LogP contribution in [0.3, 0.4) is 0 Å². The number of halogens is 2. The minimum absolute atomic E-state index is 0.0928. The van der Waals surface area contributed by atoms with Crippen molar-refractivity contribution >= 4 is 0 Å². The van der Waals surface area contributed by atoms with Gasteiger partial charge in [-0.25, -0.2) is 8.78 Å². The van der Waals surface area contributed by atoms with Crippen molar-refractivity contribution in [2.24, 2.45) is 11.7 Å². The predicted molar refractivity (Wildman–Crippen MR) is 46.7 cm³/mol. The maximum absolute atomic E-state index is 12.6. The van der Waals surface area contributed by atoms with Crippen molar-refractivity contribution in [1.82, 2.24) is 4.90 Å². The van der Waals surface area contributed by atoms with E-state index in [1.807, 2.05) is 0 Å². The highest BCUT2D eigenvalue weighted by atomic mass is 19.3. The van der Waals surface area contributed by atoms with Gasteiger partial charge in [0.15, 0.2) is 0 Å². The van der Waals surface area contributed by atoms with E-state index in [1.165, 1.54) is 0 Å². The number of alkyl halides is 2. The maximum atomic E-state index is 12.6. The predicted octanol–water partition coefficient (Wildman–Crippen LogP) is 1.06. The Kier molecular flexibility index (Phi) is 2.28. The van der Waals surface area contributed by atoms with E-state index in [-0.39, 0.29) is 18.4 Å². The number of rotatable bonds is 2. The van der Waals surface area contributed by atoms with Gasteiger partial charge in [0.2, 0.25) is 0 Å². The number of hydrogen-bond acceptors (Lipinski definition) is 2. The summed E-state index contributed by atoms with van der Waals surface area (Å²) >= 11 is 0. The number of nitrogens with two attached hydrogens (primary N) is 1. The van der Waals surface area contributed by atoms with Crippen molar-refractivity contribution in [3.63, 3.8) is 0 Å². The standard InChI is InChI=1S/C9H16F2N2/c10-9(11)5-7(9)6-13-3-1-8(12)2-4-13/h7-8H,1-6,12H2. The van der Waals surface area contributed by atoms with Gasteiger partial charge in [-0.1, -0.05) is 0 Å². The molecule has 2 nitrogen and oxygen atoms in total. The Balaban J connectivity index is 1.72. The lowest BCUT2D eigenvalue weighted by molar-refractivity contribution is 0.0833. The summed E-state index contributed by atoms with van der Waals surface area (Å²) in [5.74, 6) is -2.73. The lowest BCUT2D eigenvalue weighted by Crippen LogP contribution is -2.40. The molecular formula is C9H16F2N2. The molecule has 1 aliphatic carbocycles. The molecule has 2 rings (SSSR count). The Hall–Kier alpha value is -0.220. The molecule has 2 fully saturated rings. The van der Waals surface area contributed by atoms with Gasteiger partial charge in [-0.3, -0.25) is 0 Å². The molecule has 0 bridgehead atoms. The molecule has 2 N–H and O–H groups in total. The zero-order valence-corrected chi connectivity index (χ0v) is 7.68. The lowest BCUT2D eigenvalue weighted by Gasteiger charge is -2.29. The fraction of sp³-hybridized carbons (Fsp3) is 1.00. The number of hydrogen-bond donors (Lipinski definition) is 1. The van der Waals surface area contributed by atoms with Crippen molar-refractivity contribution < 1.29 is 8.78 Å². The summed E-state index contributed by atoms with van der Waals surface area (Å²) in [6.45, 7) is 2.36. The molecule has 0 spiro atoms. The van der Waals surface area contributed by atoms with Crippen LogP contribution in [0.15, 0.2) is 0 Å². The van der Waals surface area contributed by atoms with E-state index in [0.29, 0.717) is 6.54 Å². The second-order valence-electron chi connectivity index (χ2n) is 4.30. The van der Waals surface area contributed by atoms with Gasteiger partial charge in [0.05, 0.1) is 0 Å². The van der Waals surface area contributed by atoms with E-state index in [2.05, 4.69) is 4.90 Å². The molecule has 4 heteroatoms. The van der Waals surface area contributed by atoms with E-state index in [4.69, 9.17) is 5.73 Å². The molecule has 1 saturated heterocycles. The molecule has 76 valence electrons. The normalized spacial score (nSPS) is 34.8. The molecule has 0 amide bonds. The zero-order valence-electron chi connectivity index (χ0n) is 7.68. The largest absolute Gasteiger partial charge is 0.328 e. The molecule has 0 aromatic carbocycles. The Morgan fingerprint density at radius 1 is 1.31 bits per heavy atom. The van der Waals surface area contributed by atoms with Gasteiger partial charge >= 0.3 is 0 Å². The molecule has 2 aliphatic rings. The molecule has 0 aromatic heterocycles. The highest BCUT2D eigenvalue weighted by molar-refractivity contribution is 4.97.